The maximum atomic E-state index is 5.59. The number of hydrogen-bond donors (Lipinski definition) is 0. The first-order valence-corrected chi connectivity index (χ1v) is 4.48. The minimum absolute atomic E-state index is 0.121. The van der Waals surface area contributed by atoms with E-state index in [0.29, 0.717) is 5.95 Å². The average molecular weight is 242 g/mol. The first-order chi connectivity index (χ1) is 5.91. The number of anilines is 1. The largest absolute Gasteiger partial charge is 0.347 e. The smallest absolute Gasteiger partial charge is 0.250 e. The topological polar surface area (TPSA) is 41.9 Å². The molecule has 0 bridgehead atoms. The van der Waals surface area contributed by atoms with E-state index in [-0.39, 0.29) is 5.82 Å². The minimum Gasteiger partial charge on any atom is -0.347 e. The highest BCUT2D eigenvalue weighted by Crippen LogP contribution is 2.35. The quantitative estimate of drug-likeness (QED) is 0.703. The van der Waals surface area contributed by atoms with Gasteiger partial charge in [-0.1, -0.05) is 34.8 Å². The molecule has 0 unspecified atom stereocenters. The van der Waals surface area contributed by atoms with E-state index in [1.165, 1.54) is 6.33 Å². The van der Waals surface area contributed by atoms with Crippen LogP contribution in [0.2, 0.25) is 0 Å². The van der Waals surface area contributed by atoms with Crippen molar-refractivity contribution in [3.8, 4) is 0 Å². The molecule has 0 spiro atoms. The first-order valence-electron chi connectivity index (χ1n) is 3.35. The predicted octanol–water partition coefficient (Wildman–Crippen LogP) is 1.76. The monoisotopic (exact) mass is 240 g/mol. The first kappa shape index (κ1) is 10.8. The number of halogens is 3. The second kappa shape index (κ2) is 3.82. The number of nitrogens with zero attached hydrogens (tertiary/aromatic N) is 4. The molecule has 1 aromatic rings. The van der Waals surface area contributed by atoms with Crippen molar-refractivity contribution < 1.29 is 0 Å². The van der Waals surface area contributed by atoms with Crippen molar-refractivity contribution in [1.29, 1.82) is 0 Å². The van der Waals surface area contributed by atoms with E-state index in [1.807, 2.05) is 0 Å². The Morgan fingerprint density at radius 3 is 2.31 bits per heavy atom. The summed E-state index contributed by atoms with van der Waals surface area (Å²) < 4.78 is -1.60. The van der Waals surface area contributed by atoms with Crippen LogP contribution in [0.1, 0.15) is 5.82 Å². The minimum atomic E-state index is -1.60. The molecule has 1 rings (SSSR count). The van der Waals surface area contributed by atoms with Crippen molar-refractivity contribution in [2.75, 3.05) is 19.0 Å². The highest BCUT2D eigenvalue weighted by atomic mass is 35.6. The summed E-state index contributed by atoms with van der Waals surface area (Å²) in [5.41, 5.74) is 0. The second-order valence-corrected chi connectivity index (χ2v) is 4.78. The summed E-state index contributed by atoms with van der Waals surface area (Å²) in [6, 6.07) is 0. The van der Waals surface area contributed by atoms with Crippen molar-refractivity contribution in [2.24, 2.45) is 0 Å². The molecule has 0 aromatic carbocycles. The van der Waals surface area contributed by atoms with Gasteiger partial charge < -0.3 is 4.90 Å². The molecule has 13 heavy (non-hydrogen) atoms. The summed E-state index contributed by atoms with van der Waals surface area (Å²) in [4.78, 5) is 13.3. The lowest BCUT2D eigenvalue weighted by molar-refractivity contribution is 0.880. The van der Waals surface area contributed by atoms with Crippen LogP contribution in [0.25, 0.3) is 0 Å². The predicted molar refractivity (Wildman–Crippen MR) is 53.4 cm³/mol. The number of rotatable bonds is 1. The number of alkyl halides is 3. The molecule has 0 N–H and O–H groups in total. The van der Waals surface area contributed by atoms with Gasteiger partial charge in [0.2, 0.25) is 9.74 Å². The van der Waals surface area contributed by atoms with Crippen molar-refractivity contribution in [3.63, 3.8) is 0 Å². The Hall–Kier alpha value is -0.320. The maximum absolute atomic E-state index is 5.59. The third kappa shape index (κ3) is 2.83. The van der Waals surface area contributed by atoms with E-state index < -0.39 is 3.79 Å². The highest BCUT2D eigenvalue weighted by molar-refractivity contribution is 6.66. The molecule has 0 radical (unpaired) electrons. The van der Waals surface area contributed by atoms with E-state index in [2.05, 4.69) is 15.0 Å². The molecule has 72 valence electrons. The van der Waals surface area contributed by atoms with Gasteiger partial charge in [-0.2, -0.15) is 4.98 Å². The highest BCUT2D eigenvalue weighted by Gasteiger charge is 2.27. The molecular formula is C6H7Cl3N4. The molecule has 0 atom stereocenters. The van der Waals surface area contributed by atoms with Crippen LogP contribution in [-0.4, -0.2) is 29.0 Å². The summed E-state index contributed by atoms with van der Waals surface area (Å²) in [6.45, 7) is 0. The normalized spacial score (nSPS) is 11.5. The lowest BCUT2D eigenvalue weighted by Gasteiger charge is -2.13. The van der Waals surface area contributed by atoms with Crippen molar-refractivity contribution in [2.45, 2.75) is 3.79 Å². The van der Waals surface area contributed by atoms with Gasteiger partial charge >= 0.3 is 0 Å². The van der Waals surface area contributed by atoms with Gasteiger partial charge in [-0.05, 0) is 0 Å². The molecule has 0 saturated carbocycles. The molecule has 4 nitrogen and oxygen atoms in total. The number of hydrogen-bond acceptors (Lipinski definition) is 4. The molecule has 0 aliphatic carbocycles. The molecular weight excluding hydrogens is 234 g/mol. The molecule has 0 saturated heterocycles. The Bertz CT molecular complexity index is 296. The zero-order valence-corrected chi connectivity index (χ0v) is 9.27. The van der Waals surface area contributed by atoms with Crippen LogP contribution in [-0.2, 0) is 3.79 Å². The number of aromatic nitrogens is 3. The van der Waals surface area contributed by atoms with Crippen LogP contribution in [0.5, 0.6) is 0 Å². The van der Waals surface area contributed by atoms with E-state index in [4.69, 9.17) is 34.8 Å². The zero-order valence-electron chi connectivity index (χ0n) is 7.00. The lowest BCUT2D eigenvalue weighted by atomic mass is 10.6. The third-order valence-corrected chi connectivity index (χ3v) is 1.72. The molecule has 0 amide bonds. The van der Waals surface area contributed by atoms with Crippen LogP contribution in [0, 0.1) is 0 Å². The van der Waals surface area contributed by atoms with Gasteiger partial charge in [0.1, 0.15) is 6.33 Å². The van der Waals surface area contributed by atoms with Crippen LogP contribution in [0.3, 0.4) is 0 Å². The second-order valence-electron chi connectivity index (χ2n) is 2.50. The van der Waals surface area contributed by atoms with E-state index in [1.54, 1.807) is 19.0 Å². The summed E-state index contributed by atoms with van der Waals surface area (Å²) in [5.74, 6) is 0.576. The van der Waals surface area contributed by atoms with Gasteiger partial charge in [0.25, 0.3) is 0 Å². The molecule has 0 aliphatic rings. The van der Waals surface area contributed by atoms with Gasteiger partial charge in [0.05, 0.1) is 0 Å². The molecule has 1 heterocycles. The lowest BCUT2D eigenvalue weighted by Crippen LogP contribution is -2.16. The van der Waals surface area contributed by atoms with Crippen LogP contribution < -0.4 is 4.90 Å². The molecule has 1 aromatic heterocycles. The van der Waals surface area contributed by atoms with E-state index in [0.717, 1.165) is 0 Å². The van der Waals surface area contributed by atoms with Crippen LogP contribution in [0.15, 0.2) is 6.33 Å². The summed E-state index contributed by atoms with van der Waals surface area (Å²) in [7, 11) is 3.58. The van der Waals surface area contributed by atoms with Gasteiger partial charge in [0, 0.05) is 14.1 Å². The summed E-state index contributed by atoms with van der Waals surface area (Å²) in [6.07, 6.45) is 1.31. The summed E-state index contributed by atoms with van der Waals surface area (Å²) >= 11 is 16.8. The van der Waals surface area contributed by atoms with Crippen LogP contribution >= 0.6 is 34.8 Å². The average Bonchev–Trinajstić information content (AvgIpc) is 2.03. The molecule has 7 heteroatoms. The fraction of sp³-hybridized carbons (Fsp3) is 0.500. The van der Waals surface area contributed by atoms with E-state index in [9.17, 15) is 0 Å². The fourth-order valence-corrected chi connectivity index (χ4v) is 0.913. The SMILES string of the molecule is CN(C)c1ncnc(C(Cl)(Cl)Cl)n1. The van der Waals surface area contributed by atoms with Gasteiger partial charge in [0.15, 0.2) is 5.82 Å². The van der Waals surface area contributed by atoms with Crippen molar-refractivity contribution >= 4 is 40.8 Å². The fourth-order valence-electron chi connectivity index (χ4n) is 0.640. The summed E-state index contributed by atoms with van der Waals surface area (Å²) in [5, 5.41) is 0. The van der Waals surface area contributed by atoms with Crippen molar-refractivity contribution in [1.82, 2.24) is 15.0 Å². The van der Waals surface area contributed by atoms with Gasteiger partial charge in [-0.15, -0.1) is 0 Å². The third-order valence-electron chi connectivity index (χ3n) is 1.21. The zero-order chi connectivity index (χ0) is 10.1. The van der Waals surface area contributed by atoms with Gasteiger partial charge in [-0.3, -0.25) is 0 Å². The Labute approximate surface area is 90.9 Å². The molecule has 0 aliphatic heterocycles. The van der Waals surface area contributed by atoms with Crippen LogP contribution in [0.4, 0.5) is 5.95 Å². The Morgan fingerprint density at radius 2 is 1.85 bits per heavy atom. The standard InChI is InChI=1S/C6H7Cl3N4/c1-13(2)5-11-3-10-4(12-5)6(7,8)9/h3H,1-2H3. The maximum Gasteiger partial charge on any atom is 0.250 e. The molecule has 0 fully saturated rings. The Morgan fingerprint density at radius 1 is 1.23 bits per heavy atom. The van der Waals surface area contributed by atoms with E-state index >= 15 is 0 Å². The van der Waals surface area contributed by atoms with Gasteiger partial charge in [-0.25, -0.2) is 9.97 Å². The Balaban J connectivity index is 3.06. The van der Waals surface area contributed by atoms with Crippen molar-refractivity contribution in [3.05, 3.63) is 12.2 Å². The Kier molecular flexibility index (Phi) is 3.16.